The number of carbonyl (C=O) groups is 3. The van der Waals surface area contributed by atoms with Gasteiger partial charge < -0.3 is 32.5 Å². The van der Waals surface area contributed by atoms with Crippen LogP contribution in [0, 0.1) is 16.6 Å². The van der Waals surface area contributed by atoms with Crippen molar-refractivity contribution in [3.05, 3.63) is 79.1 Å². The number of hydrogen-bond donors (Lipinski definition) is 6. The first-order valence-corrected chi connectivity index (χ1v) is 14.9. The Balaban J connectivity index is 1.15. The predicted molar refractivity (Wildman–Crippen MR) is 165 cm³/mol. The van der Waals surface area contributed by atoms with Crippen molar-refractivity contribution in [2.24, 2.45) is 10.8 Å². The Morgan fingerprint density at radius 3 is 2.35 bits per heavy atom. The summed E-state index contributed by atoms with van der Waals surface area (Å²) in [7, 11) is 0. The van der Waals surface area contributed by atoms with E-state index in [-0.39, 0.29) is 64.3 Å². The fourth-order valence-electron chi connectivity index (χ4n) is 6.79. The molecule has 0 spiro atoms. The number of rotatable bonds is 10. The number of halogens is 1. The van der Waals surface area contributed by atoms with Crippen molar-refractivity contribution >= 4 is 40.6 Å². The Hall–Kier alpha value is -5.34. The van der Waals surface area contributed by atoms with Gasteiger partial charge in [-0.25, -0.2) is 13.9 Å². The van der Waals surface area contributed by atoms with Crippen molar-refractivity contribution in [2.75, 3.05) is 16.8 Å². The molecule has 3 fully saturated rings. The molecular formula is C31H33FN8O6. The van der Waals surface area contributed by atoms with Gasteiger partial charge in [0.1, 0.15) is 34.4 Å². The van der Waals surface area contributed by atoms with E-state index < -0.39 is 39.9 Å². The molecule has 0 saturated heterocycles. The van der Waals surface area contributed by atoms with E-state index in [0.717, 1.165) is 0 Å². The van der Waals surface area contributed by atoms with E-state index in [0.29, 0.717) is 44.1 Å². The quantitative estimate of drug-likeness (QED) is 0.138. The lowest BCUT2D eigenvalue weighted by atomic mass is 9.52. The fraction of sp³-hybridized carbons (Fsp3) is 0.387. The van der Waals surface area contributed by atoms with Crippen molar-refractivity contribution in [2.45, 2.75) is 64.6 Å². The number of nitrogens with two attached hydrogens (primary N) is 2. The molecule has 2 aromatic heterocycles. The molecule has 240 valence electrons. The Labute approximate surface area is 261 Å². The lowest BCUT2D eigenvalue weighted by Gasteiger charge is -2.54. The lowest BCUT2D eigenvalue weighted by molar-refractivity contribution is -0.159. The zero-order valence-corrected chi connectivity index (χ0v) is 25.0. The zero-order valence-electron chi connectivity index (χ0n) is 25.0. The van der Waals surface area contributed by atoms with Crippen LogP contribution in [0.5, 0.6) is 0 Å². The second-order valence-electron chi connectivity index (χ2n) is 12.4. The van der Waals surface area contributed by atoms with Crippen LogP contribution < -0.4 is 38.3 Å². The highest BCUT2D eigenvalue weighted by Gasteiger charge is 2.54. The summed E-state index contributed by atoms with van der Waals surface area (Å²) in [4.78, 5) is 66.0. The maximum absolute atomic E-state index is 14.4. The highest BCUT2D eigenvalue weighted by atomic mass is 19.1. The van der Waals surface area contributed by atoms with Gasteiger partial charge in [-0.05, 0) is 68.6 Å². The first kappa shape index (κ1) is 30.7. The smallest absolute Gasteiger partial charge is 0.309 e. The van der Waals surface area contributed by atoms with Gasteiger partial charge in [-0.15, -0.1) is 5.10 Å². The van der Waals surface area contributed by atoms with Crippen molar-refractivity contribution in [1.29, 1.82) is 0 Å². The molecule has 2 amide bonds. The van der Waals surface area contributed by atoms with Crippen LogP contribution >= 0.6 is 0 Å². The van der Waals surface area contributed by atoms with Crippen LogP contribution in [0.1, 0.15) is 77.6 Å². The molecule has 2 aromatic carbocycles. The predicted octanol–water partition coefficient (Wildman–Crippen LogP) is 1.71. The van der Waals surface area contributed by atoms with Gasteiger partial charge in [0.2, 0.25) is 0 Å². The van der Waals surface area contributed by atoms with Gasteiger partial charge in [-0.2, -0.15) is 0 Å². The van der Waals surface area contributed by atoms with Crippen molar-refractivity contribution < 1.29 is 23.9 Å². The molecule has 3 aliphatic carbocycles. The van der Waals surface area contributed by atoms with E-state index in [1.807, 2.05) is 6.92 Å². The summed E-state index contributed by atoms with van der Waals surface area (Å²) in [6.45, 7) is 1.80. The number of carboxylic acids is 1. The molecule has 4 aromatic rings. The fourth-order valence-corrected chi connectivity index (χ4v) is 6.79. The number of fused-ring (bicyclic) bond motifs is 4. The third kappa shape index (κ3) is 5.20. The van der Waals surface area contributed by atoms with Gasteiger partial charge in [0.15, 0.2) is 5.65 Å². The maximum atomic E-state index is 14.4. The number of benzene rings is 1. The number of aliphatic carboxylic acids is 1. The highest BCUT2D eigenvalue weighted by Crippen LogP contribution is 2.58. The molecule has 1 unspecified atom stereocenters. The molecule has 0 radical (unpaired) electrons. The number of carboxylic acid groups (broad SMARTS) is 1. The normalized spacial score (nSPS) is 21.3. The van der Waals surface area contributed by atoms with Gasteiger partial charge in [0.25, 0.3) is 22.7 Å². The van der Waals surface area contributed by atoms with E-state index in [2.05, 4.69) is 26.0 Å². The minimum Gasteiger partial charge on any atom is -0.481 e. The van der Waals surface area contributed by atoms with Crippen LogP contribution in [0.3, 0.4) is 0 Å². The maximum Gasteiger partial charge on any atom is 0.309 e. The molecule has 7 rings (SSSR count). The van der Waals surface area contributed by atoms with Crippen LogP contribution in [0.25, 0.3) is 5.65 Å². The largest absolute Gasteiger partial charge is 0.481 e. The van der Waals surface area contributed by atoms with Gasteiger partial charge in [-0.3, -0.25) is 24.0 Å². The summed E-state index contributed by atoms with van der Waals surface area (Å²) in [5, 5.41) is 22.4. The molecule has 14 nitrogen and oxygen atoms in total. The molecule has 1 atom stereocenters. The Bertz CT molecular complexity index is 1960. The third-order valence-electron chi connectivity index (χ3n) is 9.90. The molecule has 15 heteroatoms. The molecule has 3 saturated carbocycles. The van der Waals surface area contributed by atoms with Gasteiger partial charge in [0, 0.05) is 36.8 Å². The number of hydrogen-bond acceptors (Lipinski definition) is 10. The third-order valence-corrected chi connectivity index (χ3v) is 9.90. The van der Waals surface area contributed by atoms with Crippen LogP contribution in [0.2, 0.25) is 0 Å². The second-order valence-corrected chi connectivity index (χ2v) is 12.4. The van der Waals surface area contributed by atoms with Crippen molar-refractivity contribution in [3.63, 3.8) is 0 Å². The van der Waals surface area contributed by atoms with E-state index >= 15 is 0 Å². The van der Waals surface area contributed by atoms with Crippen molar-refractivity contribution in [3.8, 4) is 0 Å². The summed E-state index contributed by atoms with van der Waals surface area (Å²) >= 11 is 0. The molecule has 8 N–H and O–H groups in total. The van der Waals surface area contributed by atoms with Gasteiger partial charge in [0.05, 0.1) is 5.41 Å². The summed E-state index contributed by atoms with van der Waals surface area (Å²) < 4.78 is 15.7. The van der Waals surface area contributed by atoms with E-state index in [1.165, 1.54) is 34.8 Å². The van der Waals surface area contributed by atoms with Crippen LogP contribution in [0.15, 0.2) is 39.9 Å². The zero-order chi connectivity index (χ0) is 33.0. The molecule has 0 aliphatic heterocycles. The standard InChI is InChI=1S/C31H33FN8O6/c1-15(30-4-7-31(8-5-30,9-6-30)29(45)46)37-28(44)20-11-19(38-22-12-21(33)39-40(20)22)27(43)36-13-16-2-3-18(32)17(10-16)14-35-24-23(34)25(41)26(24)42/h2-3,10-12,15,35H,4-9,13-14,34H2,1H3,(H2,33,39)(H,36,43)(H,37,44)(H,45,46). The number of carbonyl (C=O) groups excluding carboxylic acids is 2. The number of anilines is 3. The SMILES string of the molecule is CC(NC(=O)c1cc(C(=O)NCc2ccc(F)c(CNc3c(N)c(=O)c3=O)c2)nc2cc(N)nn12)C12CCC(C(=O)O)(CC1)CC2. The minimum atomic E-state index is -0.786. The van der Waals surface area contributed by atoms with Crippen LogP contribution in [-0.4, -0.2) is 43.5 Å². The number of nitrogen functional groups attached to an aromatic ring is 2. The molecule has 3 aliphatic rings. The summed E-state index contributed by atoms with van der Waals surface area (Å²) in [6, 6.07) is 6.68. The Morgan fingerprint density at radius 2 is 1.70 bits per heavy atom. The average Bonchev–Trinajstić information content (AvgIpc) is 3.44. The lowest BCUT2D eigenvalue weighted by Crippen LogP contribution is -2.54. The van der Waals surface area contributed by atoms with Gasteiger partial charge >= 0.3 is 5.97 Å². The molecule has 46 heavy (non-hydrogen) atoms. The summed E-state index contributed by atoms with van der Waals surface area (Å²) in [5.41, 5.74) is 9.62. The van der Waals surface area contributed by atoms with Crippen LogP contribution in [-0.2, 0) is 17.9 Å². The number of amides is 2. The number of nitrogens with one attached hydrogen (secondary N) is 3. The molecular weight excluding hydrogens is 599 g/mol. The van der Waals surface area contributed by atoms with E-state index in [9.17, 15) is 33.5 Å². The second kappa shape index (κ2) is 11.2. The first-order chi connectivity index (χ1) is 21.8. The van der Waals surface area contributed by atoms with Crippen LogP contribution in [0.4, 0.5) is 21.6 Å². The van der Waals surface area contributed by atoms with Crippen molar-refractivity contribution in [1.82, 2.24) is 25.2 Å². The summed E-state index contributed by atoms with van der Waals surface area (Å²) in [6.07, 6.45) is 3.80. The number of aromatic nitrogens is 3. The Morgan fingerprint density at radius 1 is 1.00 bits per heavy atom. The highest BCUT2D eigenvalue weighted by molar-refractivity contribution is 5.98. The van der Waals surface area contributed by atoms with E-state index in [1.54, 1.807) is 0 Å². The van der Waals surface area contributed by atoms with Gasteiger partial charge in [-0.1, -0.05) is 6.07 Å². The Kier molecular flexibility index (Phi) is 7.49. The van der Waals surface area contributed by atoms with E-state index in [4.69, 9.17) is 11.5 Å². The monoisotopic (exact) mass is 632 g/mol. The topological polar surface area (TPSA) is 224 Å². The molecule has 2 heterocycles. The average molecular weight is 633 g/mol. The molecule has 2 bridgehead atoms. The minimum absolute atomic E-state index is 0.0124. The first-order valence-electron chi connectivity index (χ1n) is 14.9. The number of nitrogens with zero attached hydrogens (tertiary/aromatic N) is 3. The summed E-state index contributed by atoms with van der Waals surface area (Å²) in [5.74, 6) is -2.29.